The van der Waals surface area contributed by atoms with E-state index in [-0.39, 0.29) is 0 Å². The van der Waals surface area contributed by atoms with Gasteiger partial charge in [0.15, 0.2) is 0 Å². The van der Waals surface area contributed by atoms with Crippen molar-refractivity contribution in [3.05, 3.63) is 54.6 Å². The Labute approximate surface area is 134 Å². The van der Waals surface area contributed by atoms with Crippen molar-refractivity contribution in [3.8, 4) is 0 Å². The Bertz CT molecular complexity index is 1020. The van der Waals surface area contributed by atoms with Crippen LogP contribution in [0.1, 0.15) is 5.82 Å². The molecule has 5 heteroatoms. The Morgan fingerprint density at radius 1 is 1.09 bits per heavy atom. The average Bonchev–Trinajstić information content (AvgIpc) is 2.94. The molecule has 0 saturated heterocycles. The topological polar surface area (TPSA) is 46.8 Å². The molecule has 114 valence electrons. The minimum absolute atomic E-state index is 0.763. The van der Waals surface area contributed by atoms with Gasteiger partial charge >= 0.3 is 0 Å². The van der Waals surface area contributed by atoms with Crippen LogP contribution in [0.25, 0.3) is 21.9 Å². The molecule has 1 aromatic carbocycles. The fraction of sp³-hybridized carbons (Fsp3) is 0.167. The number of anilines is 2. The quantitative estimate of drug-likeness (QED) is 0.568. The van der Waals surface area contributed by atoms with E-state index in [1.54, 1.807) is 0 Å². The lowest BCUT2D eigenvalue weighted by molar-refractivity contribution is 0.947. The molecule has 4 aromatic rings. The molecule has 4 rings (SSSR count). The Hall–Kier alpha value is -2.95. The van der Waals surface area contributed by atoms with Gasteiger partial charge in [0.05, 0.1) is 17.4 Å². The lowest BCUT2D eigenvalue weighted by Gasteiger charge is -2.20. The van der Waals surface area contributed by atoms with Gasteiger partial charge in [-0.2, -0.15) is 0 Å². The van der Waals surface area contributed by atoms with E-state index in [9.17, 15) is 0 Å². The molecule has 3 aromatic heterocycles. The summed E-state index contributed by atoms with van der Waals surface area (Å²) in [6, 6.07) is 12.3. The fourth-order valence-corrected chi connectivity index (χ4v) is 2.88. The van der Waals surface area contributed by atoms with Gasteiger partial charge in [-0.15, -0.1) is 0 Å². The van der Waals surface area contributed by atoms with Crippen molar-refractivity contribution >= 4 is 33.4 Å². The van der Waals surface area contributed by atoms with Crippen molar-refractivity contribution < 1.29 is 0 Å². The number of hydrogen-bond acceptors (Lipinski definition) is 4. The lowest BCUT2D eigenvalue weighted by atomic mass is 10.2. The highest BCUT2D eigenvalue weighted by atomic mass is 15.2. The van der Waals surface area contributed by atoms with Gasteiger partial charge in [0.2, 0.25) is 0 Å². The van der Waals surface area contributed by atoms with Crippen molar-refractivity contribution in [2.45, 2.75) is 6.92 Å². The minimum Gasteiger partial charge on any atom is -0.336 e. The van der Waals surface area contributed by atoms with Crippen molar-refractivity contribution in [1.29, 1.82) is 0 Å². The number of rotatable bonds is 2. The largest absolute Gasteiger partial charge is 0.336 e. The number of pyridine rings is 1. The summed E-state index contributed by atoms with van der Waals surface area (Å²) in [7, 11) is 4.01. The second kappa shape index (κ2) is 5.05. The molecule has 0 radical (unpaired) electrons. The minimum atomic E-state index is 0.763. The van der Waals surface area contributed by atoms with E-state index in [2.05, 4.69) is 38.1 Å². The third-order valence-electron chi connectivity index (χ3n) is 4.09. The zero-order chi connectivity index (χ0) is 16.0. The maximum absolute atomic E-state index is 4.64. The first kappa shape index (κ1) is 13.7. The number of aryl methyl sites for hydroxylation is 2. The second-order valence-corrected chi connectivity index (χ2v) is 5.70. The summed E-state index contributed by atoms with van der Waals surface area (Å²) in [5.74, 6) is 1.66. The van der Waals surface area contributed by atoms with Crippen molar-refractivity contribution in [1.82, 2.24) is 19.5 Å². The summed E-state index contributed by atoms with van der Waals surface area (Å²) >= 11 is 0. The monoisotopic (exact) mass is 303 g/mol. The van der Waals surface area contributed by atoms with Crippen LogP contribution in [0.5, 0.6) is 0 Å². The molecule has 0 amide bonds. The smallest absolute Gasteiger partial charge is 0.144 e. The zero-order valence-corrected chi connectivity index (χ0v) is 13.4. The number of fused-ring (bicyclic) bond motifs is 2. The highest BCUT2D eigenvalue weighted by Gasteiger charge is 2.13. The summed E-state index contributed by atoms with van der Waals surface area (Å²) in [5.41, 5.74) is 2.94. The molecule has 5 nitrogen and oxygen atoms in total. The third-order valence-corrected chi connectivity index (χ3v) is 4.09. The highest BCUT2D eigenvalue weighted by molar-refractivity contribution is 5.92. The number of hydrogen-bond donors (Lipinski definition) is 0. The lowest BCUT2D eigenvalue weighted by Crippen LogP contribution is -2.13. The van der Waals surface area contributed by atoms with E-state index in [0.717, 1.165) is 39.3 Å². The van der Waals surface area contributed by atoms with E-state index < -0.39 is 0 Å². The maximum Gasteiger partial charge on any atom is 0.144 e. The summed E-state index contributed by atoms with van der Waals surface area (Å²) in [6.45, 7) is 1.92. The maximum atomic E-state index is 4.64. The van der Waals surface area contributed by atoms with Crippen LogP contribution in [0.3, 0.4) is 0 Å². The first-order valence-corrected chi connectivity index (χ1v) is 7.52. The Morgan fingerprint density at radius 2 is 1.91 bits per heavy atom. The van der Waals surface area contributed by atoms with Crippen molar-refractivity contribution in [2.75, 3.05) is 11.9 Å². The predicted octanol–water partition coefficient (Wildman–Crippen LogP) is 3.59. The van der Waals surface area contributed by atoms with Crippen LogP contribution < -0.4 is 4.90 Å². The third kappa shape index (κ3) is 2.21. The van der Waals surface area contributed by atoms with Crippen molar-refractivity contribution in [3.63, 3.8) is 0 Å². The normalized spacial score (nSPS) is 11.3. The first-order valence-electron chi connectivity index (χ1n) is 7.52. The molecular weight excluding hydrogens is 286 g/mol. The van der Waals surface area contributed by atoms with E-state index >= 15 is 0 Å². The van der Waals surface area contributed by atoms with Crippen LogP contribution in [0.4, 0.5) is 11.5 Å². The van der Waals surface area contributed by atoms with Gasteiger partial charge in [0.25, 0.3) is 0 Å². The van der Waals surface area contributed by atoms with Gasteiger partial charge in [-0.3, -0.25) is 0 Å². The van der Waals surface area contributed by atoms with Crippen LogP contribution in [-0.2, 0) is 7.05 Å². The number of aromatic nitrogens is 4. The highest BCUT2D eigenvalue weighted by Crippen LogP contribution is 2.29. The summed E-state index contributed by atoms with van der Waals surface area (Å²) in [6.07, 6.45) is 3.90. The summed E-state index contributed by atoms with van der Waals surface area (Å²) in [4.78, 5) is 15.8. The molecule has 0 atom stereocenters. The molecule has 0 aliphatic carbocycles. The molecular formula is C18H17N5. The molecule has 23 heavy (non-hydrogen) atoms. The zero-order valence-electron chi connectivity index (χ0n) is 13.4. The van der Waals surface area contributed by atoms with Crippen LogP contribution in [0.2, 0.25) is 0 Å². The summed E-state index contributed by atoms with van der Waals surface area (Å²) in [5, 5.41) is 2.15. The molecule has 0 spiro atoms. The Kier molecular flexibility index (Phi) is 3.01. The molecule has 3 heterocycles. The number of benzene rings is 1. The summed E-state index contributed by atoms with van der Waals surface area (Å²) < 4.78 is 2.02. The molecule has 0 bridgehead atoms. The number of nitrogens with zero attached hydrogens (tertiary/aromatic N) is 5. The van der Waals surface area contributed by atoms with Gasteiger partial charge in [0, 0.05) is 31.1 Å². The molecule has 0 N–H and O–H groups in total. The van der Waals surface area contributed by atoms with Crippen LogP contribution in [0.15, 0.2) is 48.8 Å². The standard InChI is InChI=1S/C18H17N5/c1-12-20-16-7-5-4-6-15(16)18(21-12)23(3)14-10-13-8-9-22(2)17(13)19-11-14/h4-11H,1-3H3. The first-order chi connectivity index (χ1) is 11.1. The molecule has 0 unspecified atom stereocenters. The van der Waals surface area contributed by atoms with E-state index in [4.69, 9.17) is 0 Å². The number of para-hydroxylation sites is 1. The van der Waals surface area contributed by atoms with Crippen LogP contribution >= 0.6 is 0 Å². The van der Waals surface area contributed by atoms with Crippen LogP contribution in [-0.4, -0.2) is 26.6 Å². The molecule has 0 saturated carbocycles. The van der Waals surface area contributed by atoms with Gasteiger partial charge in [-0.05, 0) is 31.2 Å². The van der Waals surface area contributed by atoms with E-state index in [1.165, 1.54) is 0 Å². The molecule has 0 fully saturated rings. The Morgan fingerprint density at radius 3 is 2.78 bits per heavy atom. The SMILES string of the molecule is Cc1nc(N(C)c2cnc3c(ccn3C)c2)c2ccccc2n1. The molecule has 0 aliphatic rings. The van der Waals surface area contributed by atoms with Crippen LogP contribution in [0, 0.1) is 6.92 Å². The van der Waals surface area contributed by atoms with Gasteiger partial charge in [-0.25, -0.2) is 15.0 Å². The Balaban J connectivity index is 1.88. The van der Waals surface area contributed by atoms with Crippen molar-refractivity contribution in [2.24, 2.45) is 7.05 Å². The average molecular weight is 303 g/mol. The molecule has 0 aliphatic heterocycles. The van der Waals surface area contributed by atoms with Gasteiger partial charge in [0.1, 0.15) is 17.3 Å². The van der Waals surface area contributed by atoms with E-state index in [1.807, 2.05) is 56.2 Å². The second-order valence-electron chi connectivity index (χ2n) is 5.70. The van der Waals surface area contributed by atoms with Gasteiger partial charge < -0.3 is 9.47 Å². The predicted molar refractivity (Wildman–Crippen MR) is 93.1 cm³/mol. The van der Waals surface area contributed by atoms with E-state index in [0.29, 0.717) is 0 Å². The fourth-order valence-electron chi connectivity index (χ4n) is 2.88. The van der Waals surface area contributed by atoms with Gasteiger partial charge in [-0.1, -0.05) is 12.1 Å².